The fourth-order valence-electron chi connectivity index (χ4n) is 1.58. The number of hydrogen-bond acceptors (Lipinski definition) is 2. The van der Waals surface area contributed by atoms with Crippen LogP contribution in [0.3, 0.4) is 0 Å². The molecule has 64 valence electrons. The van der Waals surface area contributed by atoms with Crippen LogP contribution in [0.25, 0.3) is 0 Å². The summed E-state index contributed by atoms with van der Waals surface area (Å²) >= 11 is 0. The zero-order valence-electron chi connectivity index (χ0n) is 6.70. The molecular formula is C9H11FN2. The van der Waals surface area contributed by atoms with Gasteiger partial charge >= 0.3 is 0 Å². The Morgan fingerprint density at radius 2 is 2.50 bits per heavy atom. The molecule has 1 heterocycles. The highest BCUT2D eigenvalue weighted by Crippen LogP contribution is 2.47. The van der Waals surface area contributed by atoms with Crippen molar-refractivity contribution in [2.75, 3.05) is 6.54 Å². The largest absolute Gasteiger partial charge is 0.330 e. The van der Waals surface area contributed by atoms with Crippen LogP contribution in [0.5, 0.6) is 0 Å². The predicted molar refractivity (Wildman–Crippen MR) is 44.1 cm³/mol. The van der Waals surface area contributed by atoms with E-state index in [0.29, 0.717) is 18.4 Å². The fraction of sp³-hybridized carbons (Fsp3) is 0.444. The summed E-state index contributed by atoms with van der Waals surface area (Å²) in [4.78, 5) is 3.70. The molecule has 12 heavy (non-hydrogen) atoms. The van der Waals surface area contributed by atoms with Gasteiger partial charge in [-0.2, -0.15) is 0 Å². The molecule has 2 rings (SSSR count). The highest BCUT2D eigenvalue weighted by Gasteiger charge is 2.38. The third-order valence-corrected chi connectivity index (χ3v) is 2.43. The van der Waals surface area contributed by atoms with Gasteiger partial charge in [0.05, 0.1) is 6.20 Å². The maximum absolute atomic E-state index is 13.1. The topological polar surface area (TPSA) is 38.9 Å². The van der Waals surface area contributed by atoms with Crippen molar-refractivity contribution in [2.45, 2.75) is 12.3 Å². The van der Waals surface area contributed by atoms with E-state index in [0.717, 1.165) is 12.0 Å². The first-order chi connectivity index (χ1) is 5.83. The molecule has 1 aliphatic carbocycles. The quantitative estimate of drug-likeness (QED) is 0.718. The summed E-state index contributed by atoms with van der Waals surface area (Å²) in [7, 11) is 0. The number of pyridine rings is 1. The average molecular weight is 166 g/mol. The normalized spacial score (nSPS) is 27.2. The molecule has 0 amide bonds. The number of hydrogen-bond donors (Lipinski definition) is 1. The highest BCUT2D eigenvalue weighted by molar-refractivity contribution is 5.24. The van der Waals surface area contributed by atoms with E-state index < -0.39 is 0 Å². The Balaban J connectivity index is 2.19. The molecular weight excluding hydrogens is 155 g/mol. The Bertz CT molecular complexity index is 288. The Morgan fingerprint density at radius 3 is 3.08 bits per heavy atom. The van der Waals surface area contributed by atoms with Gasteiger partial charge in [0.2, 0.25) is 0 Å². The molecule has 2 atom stereocenters. The van der Waals surface area contributed by atoms with Crippen molar-refractivity contribution in [3.8, 4) is 0 Å². The number of rotatable bonds is 2. The van der Waals surface area contributed by atoms with Crippen molar-refractivity contribution >= 4 is 0 Å². The summed E-state index contributed by atoms with van der Waals surface area (Å²) in [6, 6.07) is 1.75. The first kappa shape index (κ1) is 7.68. The van der Waals surface area contributed by atoms with Gasteiger partial charge in [-0.1, -0.05) is 0 Å². The van der Waals surface area contributed by atoms with Gasteiger partial charge in [-0.3, -0.25) is 4.98 Å². The number of halogens is 1. The summed E-state index contributed by atoms with van der Waals surface area (Å²) in [6.07, 6.45) is 3.92. The first-order valence-corrected chi connectivity index (χ1v) is 4.12. The van der Waals surface area contributed by atoms with E-state index in [4.69, 9.17) is 5.73 Å². The van der Waals surface area contributed by atoms with Gasteiger partial charge in [-0.05, 0) is 36.4 Å². The van der Waals surface area contributed by atoms with Crippen LogP contribution >= 0.6 is 0 Å². The molecule has 3 heteroatoms. The molecule has 2 nitrogen and oxygen atoms in total. The second-order valence-electron chi connectivity index (χ2n) is 3.24. The van der Waals surface area contributed by atoms with Crippen LogP contribution in [0.2, 0.25) is 0 Å². The summed E-state index contributed by atoms with van der Waals surface area (Å²) in [6.45, 7) is 0.659. The molecule has 0 saturated heterocycles. The lowest BCUT2D eigenvalue weighted by Gasteiger charge is -1.99. The van der Waals surface area contributed by atoms with Crippen LogP contribution in [0.4, 0.5) is 4.39 Å². The lowest BCUT2D eigenvalue weighted by Crippen LogP contribution is -2.02. The van der Waals surface area contributed by atoms with E-state index in [1.807, 2.05) is 0 Å². The molecule has 0 unspecified atom stereocenters. The second kappa shape index (κ2) is 2.83. The third kappa shape index (κ3) is 1.20. The van der Waals surface area contributed by atoms with E-state index in [9.17, 15) is 4.39 Å². The number of aromatic nitrogens is 1. The predicted octanol–water partition coefficient (Wildman–Crippen LogP) is 1.28. The van der Waals surface area contributed by atoms with Crippen LogP contribution in [-0.2, 0) is 0 Å². The van der Waals surface area contributed by atoms with Gasteiger partial charge in [0.15, 0.2) is 0 Å². The summed E-state index contributed by atoms with van der Waals surface area (Å²) < 4.78 is 13.1. The second-order valence-corrected chi connectivity index (χ2v) is 3.24. The minimum Gasteiger partial charge on any atom is -0.330 e. The number of nitrogens with zero attached hydrogens (tertiary/aromatic N) is 1. The summed E-state index contributed by atoms with van der Waals surface area (Å²) in [5.41, 5.74) is 6.25. The van der Waals surface area contributed by atoms with Gasteiger partial charge < -0.3 is 5.73 Å². The van der Waals surface area contributed by atoms with Gasteiger partial charge in [-0.25, -0.2) is 4.39 Å². The van der Waals surface area contributed by atoms with Crippen molar-refractivity contribution in [1.82, 2.24) is 4.98 Å². The molecule has 0 spiro atoms. The third-order valence-electron chi connectivity index (χ3n) is 2.43. The standard InChI is InChI=1S/C9H11FN2/c10-9-5-12-2-1-7(9)8-3-6(8)4-11/h1-2,5-6,8H,3-4,11H2/t6-,8+/m0/s1. The van der Waals surface area contributed by atoms with Crippen molar-refractivity contribution < 1.29 is 4.39 Å². The van der Waals surface area contributed by atoms with Crippen LogP contribution < -0.4 is 5.73 Å². The fourth-order valence-corrected chi connectivity index (χ4v) is 1.58. The van der Waals surface area contributed by atoms with Crippen LogP contribution in [0.15, 0.2) is 18.5 Å². The van der Waals surface area contributed by atoms with Gasteiger partial charge in [0.25, 0.3) is 0 Å². The minimum absolute atomic E-state index is 0.196. The monoisotopic (exact) mass is 166 g/mol. The maximum atomic E-state index is 13.1. The van der Waals surface area contributed by atoms with E-state index >= 15 is 0 Å². The molecule has 1 aromatic rings. The Labute approximate surface area is 70.6 Å². The van der Waals surface area contributed by atoms with Gasteiger partial charge in [-0.15, -0.1) is 0 Å². The SMILES string of the molecule is NC[C@@H]1C[C@H]1c1ccncc1F. The first-order valence-electron chi connectivity index (χ1n) is 4.12. The maximum Gasteiger partial charge on any atom is 0.144 e. The van der Waals surface area contributed by atoms with E-state index in [-0.39, 0.29) is 5.82 Å². The molecule has 0 bridgehead atoms. The van der Waals surface area contributed by atoms with Crippen molar-refractivity contribution in [3.63, 3.8) is 0 Å². The molecule has 1 aromatic heterocycles. The van der Waals surface area contributed by atoms with Crippen molar-refractivity contribution in [3.05, 3.63) is 29.8 Å². The molecule has 2 N–H and O–H groups in total. The Kier molecular flexibility index (Phi) is 1.81. The zero-order valence-corrected chi connectivity index (χ0v) is 6.70. The number of nitrogens with two attached hydrogens (primary N) is 1. The van der Waals surface area contributed by atoms with E-state index in [1.165, 1.54) is 6.20 Å². The molecule has 0 aromatic carbocycles. The van der Waals surface area contributed by atoms with E-state index in [1.54, 1.807) is 12.3 Å². The van der Waals surface area contributed by atoms with Gasteiger partial charge in [0, 0.05) is 6.20 Å². The van der Waals surface area contributed by atoms with Crippen LogP contribution in [-0.4, -0.2) is 11.5 Å². The molecule has 0 aliphatic heterocycles. The summed E-state index contributed by atoms with van der Waals surface area (Å²) in [5.74, 6) is 0.637. The molecule has 1 aliphatic rings. The average Bonchev–Trinajstić information content (AvgIpc) is 2.84. The molecule has 1 fully saturated rings. The van der Waals surface area contributed by atoms with Crippen molar-refractivity contribution in [1.29, 1.82) is 0 Å². The van der Waals surface area contributed by atoms with Crippen molar-refractivity contribution in [2.24, 2.45) is 11.7 Å². The highest BCUT2D eigenvalue weighted by atomic mass is 19.1. The lowest BCUT2D eigenvalue weighted by molar-refractivity contribution is 0.599. The van der Waals surface area contributed by atoms with Gasteiger partial charge in [0.1, 0.15) is 5.82 Å². The van der Waals surface area contributed by atoms with Crippen LogP contribution in [0, 0.1) is 11.7 Å². The smallest absolute Gasteiger partial charge is 0.144 e. The Hall–Kier alpha value is -0.960. The summed E-state index contributed by atoms with van der Waals surface area (Å²) in [5, 5.41) is 0. The van der Waals surface area contributed by atoms with Crippen LogP contribution in [0.1, 0.15) is 17.9 Å². The minimum atomic E-state index is -0.196. The molecule has 1 saturated carbocycles. The molecule has 0 radical (unpaired) electrons. The van der Waals surface area contributed by atoms with E-state index in [2.05, 4.69) is 4.98 Å². The lowest BCUT2D eigenvalue weighted by atomic mass is 10.1. The zero-order chi connectivity index (χ0) is 8.55. The Morgan fingerprint density at radius 1 is 1.67 bits per heavy atom.